The molecule has 0 aliphatic carbocycles. The van der Waals surface area contributed by atoms with Crippen molar-refractivity contribution in [1.82, 2.24) is 9.97 Å². The number of thiazole rings is 1. The SMILES string of the molecule is C=CCOC(=O)c1sc(N2C(=O)C(=O)/C(=C(/O)c3ccncc3)C2c2ccc(OCc3ccccc3)cc2)nc1C. The summed E-state index contributed by atoms with van der Waals surface area (Å²) >= 11 is 0.932. The van der Waals surface area contributed by atoms with Crippen molar-refractivity contribution in [2.75, 3.05) is 11.5 Å². The van der Waals surface area contributed by atoms with Crippen molar-refractivity contribution >= 4 is 39.9 Å². The molecular weight excluding hydrogens is 542 g/mol. The quantitative estimate of drug-likeness (QED) is 0.0940. The number of carbonyl (C=O) groups excluding carboxylic acids is 3. The number of amides is 1. The molecule has 10 heteroatoms. The number of aryl methyl sites for hydroxylation is 1. The summed E-state index contributed by atoms with van der Waals surface area (Å²) in [4.78, 5) is 49.2. The van der Waals surface area contributed by atoms with Gasteiger partial charge in [-0.3, -0.25) is 19.5 Å². The van der Waals surface area contributed by atoms with Crippen LogP contribution in [0.4, 0.5) is 5.13 Å². The van der Waals surface area contributed by atoms with Crippen molar-refractivity contribution in [3.8, 4) is 5.75 Å². The number of carbonyl (C=O) groups is 3. The Hall–Kier alpha value is -5.09. The van der Waals surface area contributed by atoms with Gasteiger partial charge in [-0.25, -0.2) is 9.78 Å². The maximum absolute atomic E-state index is 13.5. The Labute approximate surface area is 240 Å². The zero-order chi connectivity index (χ0) is 28.9. The fourth-order valence-corrected chi connectivity index (χ4v) is 5.36. The summed E-state index contributed by atoms with van der Waals surface area (Å²) in [5.41, 5.74) is 2.11. The highest BCUT2D eigenvalue weighted by Gasteiger charge is 2.48. The Kier molecular flexibility index (Phi) is 8.02. The van der Waals surface area contributed by atoms with Crippen LogP contribution in [0.15, 0.2) is 97.4 Å². The number of anilines is 1. The molecule has 2 aromatic heterocycles. The molecule has 0 saturated carbocycles. The number of aliphatic hydroxyl groups excluding tert-OH is 1. The van der Waals surface area contributed by atoms with Crippen LogP contribution in [0.2, 0.25) is 0 Å². The Balaban J connectivity index is 1.55. The van der Waals surface area contributed by atoms with E-state index in [0.717, 1.165) is 16.9 Å². The zero-order valence-corrected chi connectivity index (χ0v) is 22.8. The number of nitrogens with zero attached hydrogens (tertiary/aromatic N) is 3. The zero-order valence-electron chi connectivity index (χ0n) is 22.0. The molecule has 1 amide bonds. The van der Waals surface area contributed by atoms with Gasteiger partial charge in [0.25, 0.3) is 5.78 Å². The van der Waals surface area contributed by atoms with Crippen LogP contribution in [0, 0.1) is 6.92 Å². The van der Waals surface area contributed by atoms with E-state index in [1.54, 1.807) is 43.3 Å². The fourth-order valence-electron chi connectivity index (χ4n) is 4.37. The standard InChI is InChI=1S/C31H25N3O6S/c1-3-17-39-30(38)28-19(2)33-31(41-28)34-25(24(27(36)29(34)37)26(35)22-13-15-32-16-14-22)21-9-11-23(12-10-21)40-18-20-7-5-4-6-8-20/h3-16,25,35H,1,17-18H2,2H3/b26-24+. The van der Waals surface area contributed by atoms with Crippen LogP contribution in [0.25, 0.3) is 5.76 Å². The van der Waals surface area contributed by atoms with Crippen molar-refractivity contribution < 1.29 is 29.0 Å². The van der Waals surface area contributed by atoms with E-state index in [0.29, 0.717) is 29.2 Å². The number of esters is 1. The number of benzene rings is 2. The molecule has 5 rings (SSSR count). The lowest BCUT2D eigenvalue weighted by Crippen LogP contribution is -2.29. The van der Waals surface area contributed by atoms with Gasteiger partial charge in [-0.05, 0) is 42.3 Å². The Morgan fingerprint density at radius 2 is 1.78 bits per heavy atom. The third kappa shape index (κ3) is 5.64. The number of ether oxygens (including phenoxy) is 2. The van der Waals surface area contributed by atoms with Gasteiger partial charge in [0.15, 0.2) is 5.13 Å². The van der Waals surface area contributed by atoms with E-state index in [1.807, 2.05) is 30.3 Å². The second kappa shape index (κ2) is 12.0. The molecule has 0 bridgehead atoms. The summed E-state index contributed by atoms with van der Waals surface area (Å²) in [6.45, 7) is 5.54. The topological polar surface area (TPSA) is 119 Å². The number of hydrogen-bond donors (Lipinski definition) is 1. The minimum Gasteiger partial charge on any atom is -0.507 e. The monoisotopic (exact) mass is 567 g/mol. The van der Waals surface area contributed by atoms with E-state index < -0.39 is 23.7 Å². The maximum Gasteiger partial charge on any atom is 0.350 e. The van der Waals surface area contributed by atoms with E-state index in [-0.39, 0.29) is 27.9 Å². The first-order chi connectivity index (χ1) is 19.9. The predicted octanol–water partition coefficient (Wildman–Crippen LogP) is 5.39. The first-order valence-corrected chi connectivity index (χ1v) is 13.4. The third-order valence-corrected chi connectivity index (χ3v) is 7.49. The second-order valence-electron chi connectivity index (χ2n) is 9.05. The molecular formula is C31H25N3O6S. The molecule has 9 nitrogen and oxygen atoms in total. The molecule has 1 atom stereocenters. The van der Waals surface area contributed by atoms with Crippen molar-refractivity contribution in [2.24, 2.45) is 0 Å². The number of hydrogen-bond acceptors (Lipinski definition) is 9. The summed E-state index contributed by atoms with van der Waals surface area (Å²) in [6.07, 6.45) is 4.40. The highest BCUT2D eigenvalue weighted by Crippen LogP contribution is 2.44. The van der Waals surface area contributed by atoms with Gasteiger partial charge < -0.3 is 14.6 Å². The first kappa shape index (κ1) is 27.5. The van der Waals surface area contributed by atoms with E-state index in [4.69, 9.17) is 9.47 Å². The van der Waals surface area contributed by atoms with E-state index in [2.05, 4.69) is 16.5 Å². The van der Waals surface area contributed by atoms with Crippen molar-refractivity contribution in [3.05, 3.63) is 125 Å². The largest absolute Gasteiger partial charge is 0.507 e. The summed E-state index contributed by atoms with van der Waals surface area (Å²) in [5.74, 6) is -2.13. The molecule has 1 aliphatic heterocycles. The van der Waals surface area contributed by atoms with Crippen molar-refractivity contribution in [2.45, 2.75) is 19.6 Å². The lowest BCUT2D eigenvalue weighted by Gasteiger charge is -2.23. The predicted molar refractivity (Wildman–Crippen MR) is 154 cm³/mol. The average molecular weight is 568 g/mol. The summed E-state index contributed by atoms with van der Waals surface area (Å²) in [6, 6.07) is 18.7. The summed E-state index contributed by atoms with van der Waals surface area (Å²) < 4.78 is 11.1. The van der Waals surface area contributed by atoms with E-state index >= 15 is 0 Å². The van der Waals surface area contributed by atoms with Gasteiger partial charge in [-0.1, -0.05) is 66.5 Å². The Bertz CT molecular complexity index is 1630. The molecule has 1 N–H and O–H groups in total. The molecule has 3 heterocycles. The van der Waals surface area contributed by atoms with Gasteiger partial charge in [0.2, 0.25) is 0 Å². The van der Waals surface area contributed by atoms with Gasteiger partial charge >= 0.3 is 11.9 Å². The van der Waals surface area contributed by atoms with Crippen LogP contribution < -0.4 is 9.64 Å². The summed E-state index contributed by atoms with van der Waals surface area (Å²) in [7, 11) is 0. The second-order valence-corrected chi connectivity index (χ2v) is 10.0. The van der Waals surface area contributed by atoms with Gasteiger partial charge in [-0.15, -0.1) is 0 Å². The lowest BCUT2D eigenvalue weighted by molar-refractivity contribution is -0.132. The lowest BCUT2D eigenvalue weighted by atomic mass is 9.95. The van der Waals surface area contributed by atoms with Gasteiger partial charge in [0.05, 0.1) is 17.3 Å². The van der Waals surface area contributed by atoms with Crippen LogP contribution in [-0.2, 0) is 20.9 Å². The molecule has 1 fully saturated rings. The number of ketones is 1. The molecule has 1 saturated heterocycles. The molecule has 41 heavy (non-hydrogen) atoms. The molecule has 1 aliphatic rings. The molecule has 0 radical (unpaired) electrons. The van der Waals surface area contributed by atoms with E-state index in [1.165, 1.54) is 23.4 Å². The van der Waals surface area contributed by atoms with Crippen molar-refractivity contribution in [1.29, 1.82) is 0 Å². The van der Waals surface area contributed by atoms with Gasteiger partial charge in [-0.2, -0.15) is 0 Å². The van der Waals surface area contributed by atoms with Crippen LogP contribution in [-0.4, -0.2) is 39.3 Å². The molecule has 4 aromatic rings. The maximum atomic E-state index is 13.5. The van der Waals surface area contributed by atoms with Crippen LogP contribution in [0.3, 0.4) is 0 Å². The van der Waals surface area contributed by atoms with Gasteiger partial charge in [0, 0.05) is 18.0 Å². The molecule has 206 valence electrons. The van der Waals surface area contributed by atoms with Crippen LogP contribution in [0.5, 0.6) is 5.75 Å². The normalized spacial score (nSPS) is 16.0. The van der Waals surface area contributed by atoms with Crippen LogP contribution >= 0.6 is 11.3 Å². The number of pyridine rings is 1. The highest BCUT2D eigenvalue weighted by molar-refractivity contribution is 7.17. The minimum atomic E-state index is -1.02. The average Bonchev–Trinajstić information content (AvgIpc) is 3.51. The molecule has 0 spiro atoms. The van der Waals surface area contributed by atoms with Gasteiger partial charge in [0.1, 0.15) is 29.6 Å². The molecule has 1 unspecified atom stereocenters. The first-order valence-electron chi connectivity index (χ1n) is 12.6. The Morgan fingerprint density at radius 3 is 2.46 bits per heavy atom. The van der Waals surface area contributed by atoms with E-state index in [9.17, 15) is 19.5 Å². The van der Waals surface area contributed by atoms with Crippen molar-refractivity contribution in [3.63, 3.8) is 0 Å². The number of aliphatic hydroxyl groups is 1. The third-order valence-electron chi connectivity index (χ3n) is 6.35. The number of Topliss-reactive ketones (excluding diaryl/α,β-unsaturated/α-hetero) is 1. The smallest absolute Gasteiger partial charge is 0.350 e. The Morgan fingerprint density at radius 1 is 1.07 bits per heavy atom. The van der Waals surface area contributed by atoms with Crippen LogP contribution in [0.1, 0.15) is 38.1 Å². The molecule has 2 aromatic carbocycles. The number of aromatic nitrogens is 2. The highest BCUT2D eigenvalue weighted by atomic mass is 32.1. The fraction of sp³-hybridized carbons (Fsp3) is 0.129. The number of rotatable bonds is 9. The summed E-state index contributed by atoms with van der Waals surface area (Å²) in [5, 5.41) is 11.4. The minimum absolute atomic E-state index is 0.0145.